The highest BCUT2D eigenvalue weighted by Crippen LogP contribution is 2.21. The van der Waals surface area contributed by atoms with Crippen LogP contribution < -0.4 is 0 Å². The molecule has 6 heteroatoms. The van der Waals surface area contributed by atoms with E-state index in [9.17, 15) is 9.59 Å². The summed E-state index contributed by atoms with van der Waals surface area (Å²) in [5, 5.41) is 8.89. The first-order valence-electron chi connectivity index (χ1n) is 6.13. The van der Waals surface area contributed by atoms with Gasteiger partial charge in [-0.3, -0.25) is 4.79 Å². The first-order chi connectivity index (χ1) is 9.35. The SMILES string of the molecule is COC(=O)c1ccc(CN(C)CC(C)C(=O)O)c(Br)c1. The van der Waals surface area contributed by atoms with Gasteiger partial charge in [-0.05, 0) is 24.7 Å². The zero-order valence-corrected chi connectivity index (χ0v) is 13.3. The highest BCUT2D eigenvalue weighted by atomic mass is 79.9. The van der Waals surface area contributed by atoms with E-state index < -0.39 is 11.9 Å². The number of nitrogens with zero attached hydrogens (tertiary/aromatic N) is 1. The molecule has 110 valence electrons. The fourth-order valence-corrected chi connectivity index (χ4v) is 2.33. The molecule has 0 heterocycles. The van der Waals surface area contributed by atoms with Crippen molar-refractivity contribution in [1.82, 2.24) is 4.90 Å². The molecule has 1 atom stereocenters. The number of aliphatic carboxylic acids is 1. The number of halogens is 1. The molecule has 0 saturated heterocycles. The lowest BCUT2D eigenvalue weighted by Gasteiger charge is -2.20. The lowest BCUT2D eigenvalue weighted by molar-refractivity contribution is -0.141. The highest BCUT2D eigenvalue weighted by molar-refractivity contribution is 9.10. The van der Waals surface area contributed by atoms with Crippen LogP contribution in [0.2, 0.25) is 0 Å². The molecule has 0 aliphatic carbocycles. The van der Waals surface area contributed by atoms with Gasteiger partial charge in [-0.25, -0.2) is 4.79 Å². The van der Waals surface area contributed by atoms with Crippen LogP contribution in [-0.4, -0.2) is 42.6 Å². The van der Waals surface area contributed by atoms with E-state index in [1.807, 2.05) is 18.0 Å². The van der Waals surface area contributed by atoms with Crippen molar-refractivity contribution in [3.8, 4) is 0 Å². The van der Waals surface area contributed by atoms with Crippen molar-refractivity contribution in [2.24, 2.45) is 5.92 Å². The number of rotatable bonds is 6. The van der Waals surface area contributed by atoms with Gasteiger partial charge in [0.2, 0.25) is 0 Å². The fourth-order valence-electron chi connectivity index (χ4n) is 1.82. The van der Waals surface area contributed by atoms with Crippen molar-refractivity contribution in [3.05, 3.63) is 33.8 Å². The molecule has 5 nitrogen and oxygen atoms in total. The number of carboxylic acid groups (broad SMARTS) is 1. The Hall–Kier alpha value is -1.40. The van der Waals surface area contributed by atoms with E-state index in [0.29, 0.717) is 18.7 Å². The molecule has 20 heavy (non-hydrogen) atoms. The molecule has 0 fully saturated rings. The van der Waals surface area contributed by atoms with Gasteiger partial charge in [0.1, 0.15) is 0 Å². The number of carboxylic acids is 1. The maximum atomic E-state index is 11.4. The Labute approximate surface area is 126 Å². The molecule has 0 aliphatic rings. The van der Waals surface area contributed by atoms with Gasteiger partial charge < -0.3 is 14.7 Å². The number of hydrogen-bond acceptors (Lipinski definition) is 4. The Morgan fingerprint density at radius 1 is 1.45 bits per heavy atom. The zero-order chi connectivity index (χ0) is 15.3. The molecule has 0 saturated carbocycles. The van der Waals surface area contributed by atoms with Crippen LogP contribution in [0.3, 0.4) is 0 Å². The van der Waals surface area contributed by atoms with Crippen LogP contribution >= 0.6 is 15.9 Å². The molecule has 0 aromatic heterocycles. The predicted octanol–water partition coefficient (Wildman–Crippen LogP) is 2.39. The van der Waals surface area contributed by atoms with Crippen LogP contribution in [0.5, 0.6) is 0 Å². The minimum Gasteiger partial charge on any atom is -0.481 e. The van der Waals surface area contributed by atoms with Crippen molar-refractivity contribution in [2.75, 3.05) is 20.7 Å². The average molecular weight is 344 g/mol. The van der Waals surface area contributed by atoms with Gasteiger partial charge in [-0.1, -0.05) is 28.9 Å². The molecule has 1 unspecified atom stereocenters. The molecule has 0 spiro atoms. The summed E-state index contributed by atoms with van der Waals surface area (Å²) >= 11 is 3.42. The van der Waals surface area contributed by atoms with Crippen LogP contribution in [0.15, 0.2) is 22.7 Å². The van der Waals surface area contributed by atoms with Crippen molar-refractivity contribution >= 4 is 27.9 Å². The van der Waals surface area contributed by atoms with E-state index >= 15 is 0 Å². The van der Waals surface area contributed by atoms with E-state index in [2.05, 4.69) is 20.7 Å². The largest absolute Gasteiger partial charge is 0.481 e. The van der Waals surface area contributed by atoms with E-state index in [0.717, 1.165) is 10.0 Å². The van der Waals surface area contributed by atoms with Crippen LogP contribution in [0.25, 0.3) is 0 Å². The number of carbonyl (C=O) groups is 2. The van der Waals surface area contributed by atoms with Gasteiger partial charge >= 0.3 is 11.9 Å². The van der Waals surface area contributed by atoms with Crippen molar-refractivity contribution < 1.29 is 19.4 Å². The summed E-state index contributed by atoms with van der Waals surface area (Å²) in [7, 11) is 3.20. The number of hydrogen-bond donors (Lipinski definition) is 1. The number of methoxy groups -OCH3 is 1. The van der Waals surface area contributed by atoms with Crippen LogP contribution in [0.4, 0.5) is 0 Å². The number of ether oxygens (including phenoxy) is 1. The van der Waals surface area contributed by atoms with Crippen LogP contribution in [0.1, 0.15) is 22.8 Å². The summed E-state index contributed by atoms with van der Waals surface area (Å²) in [4.78, 5) is 24.1. The minimum atomic E-state index is -0.808. The number of benzene rings is 1. The molecular weight excluding hydrogens is 326 g/mol. The molecule has 0 bridgehead atoms. The highest BCUT2D eigenvalue weighted by Gasteiger charge is 2.15. The lowest BCUT2D eigenvalue weighted by Crippen LogP contribution is -2.28. The Morgan fingerprint density at radius 3 is 2.60 bits per heavy atom. The van der Waals surface area contributed by atoms with Gasteiger partial charge in [0, 0.05) is 17.6 Å². The molecule has 1 N–H and O–H groups in total. The molecule has 0 radical (unpaired) electrons. The van der Waals surface area contributed by atoms with Crippen LogP contribution in [-0.2, 0) is 16.1 Å². The van der Waals surface area contributed by atoms with Crippen molar-refractivity contribution in [2.45, 2.75) is 13.5 Å². The van der Waals surface area contributed by atoms with E-state index in [-0.39, 0.29) is 5.97 Å². The van der Waals surface area contributed by atoms with Gasteiger partial charge in [-0.15, -0.1) is 0 Å². The molecule has 0 amide bonds. The zero-order valence-electron chi connectivity index (χ0n) is 11.7. The maximum Gasteiger partial charge on any atom is 0.337 e. The smallest absolute Gasteiger partial charge is 0.337 e. The van der Waals surface area contributed by atoms with Crippen LogP contribution in [0, 0.1) is 5.92 Å². The number of esters is 1. The van der Waals surface area contributed by atoms with Gasteiger partial charge in [-0.2, -0.15) is 0 Å². The predicted molar refractivity (Wildman–Crippen MR) is 78.6 cm³/mol. The second kappa shape index (κ2) is 7.40. The van der Waals surface area contributed by atoms with E-state index in [1.54, 1.807) is 19.1 Å². The standard InChI is InChI=1S/C14H18BrNO4/c1-9(13(17)18)7-16(2)8-11-5-4-10(6-12(11)15)14(19)20-3/h4-6,9H,7-8H2,1-3H3,(H,17,18). The summed E-state index contributed by atoms with van der Waals surface area (Å²) in [5.74, 6) is -1.62. The molecule has 1 rings (SSSR count). The Morgan fingerprint density at radius 2 is 2.10 bits per heavy atom. The monoisotopic (exact) mass is 343 g/mol. The minimum absolute atomic E-state index is 0.384. The topological polar surface area (TPSA) is 66.8 Å². The lowest BCUT2D eigenvalue weighted by atomic mass is 10.1. The quantitative estimate of drug-likeness (QED) is 0.803. The summed E-state index contributed by atoms with van der Waals surface area (Å²) in [6, 6.07) is 5.23. The second-order valence-corrected chi connectivity index (χ2v) is 5.59. The molecule has 0 aliphatic heterocycles. The summed E-state index contributed by atoms with van der Waals surface area (Å²) in [6.45, 7) is 2.73. The average Bonchev–Trinajstić information content (AvgIpc) is 2.39. The van der Waals surface area contributed by atoms with Gasteiger partial charge in [0.25, 0.3) is 0 Å². The molecule has 1 aromatic rings. The first-order valence-corrected chi connectivity index (χ1v) is 6.92. The Bertz CT molecular complexity index is 504. The molecule has 1 aromatic carbocycles. The molecular formula is C14H18BrNO4. The maximum absolute atomic E-state index is 11.4. The second-order valence-electron chi connectivity index (χ2n) is 4.73. The summed E-state index contributed by atoms with van der Waals surface area (Å²) in [6.07, 6.45) is 0. The van der Waals surface area contributed by atoms with E-state index in [4.69, 9.17) is 5.11 Å². The normalized spacial score (nSPS) is 12.2. The third-order valence-corrected chi connectivity index (χ3v) is 3.66. The van der Waals surface area contributed by atoms with Crippen molar-refractivity contribution in [1.29, 1.82) is 0 Å². The third kappa shape index (κ3) is 4.61. The third-order valence-electron chi connectivity index (χ3n) is 2.92. The Balaban J connectivity index is 2.73. The van der Waals surface area contributed by atoms with Gasteiger partial charge in [0.05, 0.1) is 18.6 Å². The fraction of sp³-hybridized carbons (Fsp3) is 0.429. The summed E-state index contributed by atoms with van der Waals surface area (Å²) in [5.41, 5.74) is 1.46. The summed E-state index contributed by atoms with van der Waals surface area (Å²) < 4.78 is 5.46. The van der Waals surface area contributed by atoms with Gasteiger partial charge in [0.15, 0.2) is 0 Å². The Kier molecular flexibility index (Phi) is 6.16. The van der Waals surface area contributed by atoms with Crippen molar-refractivity contribution in [3.63, 3.8) is 0 Å². The number of carbonyl (C=O) groups excluding carboxylic acids is 1. The first kappa shape index (κ1) is 16.7. The van der Waals surface area contributed by atoms with E-state index in [1.165, 1.54) is 7.11 Å².